The largest absolute Gasteiger partial charge is 0.275 e. The Hall–Kier alpha value is -1.08. The summed E-state index contributed by atoms with van der Waals surface area (Å²) in [5.74, 6) is -3.62. The third-order valence-corrected chi connectivity index (χ3v) is 4.00. The highest BCUT2D eigenvalue weighted by atomic mass is 35.5. The second-order valence-electron chi connectivity index (χ2n) is 3.47. The molecule has 0 saturated heterocycles. The van der Waals surface area contributed by atoms with Crippen molar-refractivity contribution in [2.75, 3.05) is 6.67 Å². The summed E-state index contributed by atoms with van der Waals surface area (Å²) in [6.45, 7) is -0.659. The Kier molecular flexibility index (Phi) is 3.61. The number of halogens is 4. The van der Waals surface area contributed by atoms with Gasteiger partial charge in [0.05, 0.1) is 0 Å². The summed E-state index contributed by atoms with van der Waals surface area (Å²) >= 11 is 22.0. The lowest BCUT2D eigenvalue weighted by atomic mass is 10.5. The summed E-state index contributed by atoms with van der Waals surface area (Å²) in [7, 11) is 0. The van der Waals surface area contributed by atoms with Crippen LogP contribution in [0.2, 0.25) is 0 Å². The topological polar surface area (TPSA) is 74.8 Å². The van der Waals surface area contributed by atoms with Crippen molar-refractivity contribution in [3.05, 3.63) is 20.1 Å². The molecule has 0 fully saturated rings. The van der Waals surface area contributed by atoms with Gasteiger partial charge in [0, 0.05) is 0 Å². The van der Waals surface area contributed by atoms with Crippen molar-refractivity contribution in [3.63, 3.8) is 0 Å². The summed E-state index contributed by atoms with van der Waals surface area (Å²) in [4.78, 5) is 47.5. The van der Waals surface area contributed by atoms with Gasteiger partial charge in [0.25, 0.3) is 23.6 Å². The average molecular weight is 344 g/mol. The van der Waals surface area contributed by atoms with E-state index in [0.29, 0.717) is 9.80 Å². The van der Waals surface area contributed by atoms with Gasteiger partial charge in [-0.2, -0.15) is 0 Å². The average Bonchev–Trinajstić information content (AvgIpc) is 2.68. The first-order valence-corrected chi connectivity index (χ1v) is 6.11. The molecule has 0 aromatic carbocycles. The molecule has 0 aromatic heterocycles. The molecule has 0 unspecified atom stereocenters. The Labute approximate surface area is 126 Å². The van der Waals surface area contributed by atoms with Crippen molar-refractivity contribution in [3.8, 4) is 0 Å². The third kappa shape index (κ3) is 2.04. The van der Waals surface area contributed by atoms with Gasteiger partial charge in [-0.05, 0) is 0 Å². The van der Waals surface area contributed by atoms with Crippen molar-refractivity contribution < 1.29 is 19.2 Å². The smallest absolute Gasteiger partial charge is 0.267 e. The minimum Gasteiger partial charge on any atom is -0.267 e. The molecular weight excluding hydrogens is 342 g/mol. The minimum atomic E-state index is -0.906. The van der Waals surface area contributed by atoms with Crippen molar-refractivity contribution in [1.82, 2.24) is 9.80 Å². The van der Waals surface area contributed by atoms with Gasteiger partial charge in [0.1, 0.15) is 26.8 Å². The highest BCUT2D eigenvalue weighted by Crippen LogP contribution is 2.30. The number of carbonyl (C=O) groups is 4. The molecule has 10 heteroatoms. The molecule has 0 bridgehead atoms. The fourth-order valence-corrected chi connectivity index (χ4v) is 2.16. The molecule has 0 aromatic rings. The van der Waals surface area contributed by atoms with Gasteiger partial charge in [-0.25, -0.2) is 0 Å². The zero-order valence-electron chi connectivity index (χ0n) is 8.75. The van der Waals surface area contributed by atoms with E-state index in [-0.39, 0.29) is 0 Å². The predicted molar refractivity (Wildman–Crippen MR) is 66.0 cm³/mol. The molecule has 6 nitrogen and oxygen atoms in total. The van der Waals surface area contributed by atoms with Crippen LogP contribution in [0, 0.1) is 0 Å². The van der Waals surface area contributed by atoms with Crippen LogP contribution in [0.3, 0.4) is 0 Å². The summed E-state index contributed by atoms with van der Waals surface area (Å²) in [6.07, 6.45) is 0. The minimum absolute atomic E-state index is 0.476. The Morgan fingerprint density at radius 1 is 0.579 bits per heavy atom. The second-order valence-corrected chi connectivity index (χ2v) is 4.99. The van der Waals surface area contributed by atoms with E-state index in [9.17, 15) is 19.2 Å². The van der Waals surface area contributed by atoms with E-state index in [1.807, 2.05) is 0 Å². The number of rotatable bonds is 2. The summed E-state index contributed by atoms with van der Waals surface area (Å²) in [6, 6.07) is 0. The van der Waals surface area contributed by atoms with E-state index < -0.39 is 50.4 Å². The lowest BCUT2D eigenvalue weighted by Crippen LogP contribution is -2.45. The standard InChI is InChI=1S/C9H2Cl4N2O4/c10-2-3(11)7(17)14(6(2)16)1-15-8(18)4(12)5(13)9(15)19/h1H2. The first-order chi connectivity index (χ1) is 8.77. The SMILES string of the molecule is O=C1C(Cl)=C(Cl)C(=O)N1CN1C(=O)C(Cl)=C(Cl)C1=O. The highest BCUT2D eigenvalue weighted by molar-refractivity contribution is 6.59. The van der Waals surface area contributed by atoms with Crippen LogP contribution in [0.4, 0.5) is 0 Å². The van der Waals surface area contributed by atoms with Crippen LogP contribution in [0.25, 0.3) is 0 Å². The maximum absolute atomic E-state index is 11.6. The van der Waals surface area contributed by atoms with Gasteiger partial charge in [-0.15, -0.1) is 0 Å². The molecule has 2 rings (SSSR count). The Balaban J connectivity index is 2.22. The van der Waals surface area contributed by atoms with Crippen molar-refractivity contribution >= 4 is 70.0 Å². The third-order valence-electron chi connectivity index (χ3n) is 2.40. The Morgan fingerprint density at radius 2 is 0.789 bits per heavy atom. The van der Waals surface area contributed by atoms with Gasteiger partial charge < -0.3 is 0 Å². The first-order valence-electron chi connectivity index (χ1n) is 4.60. The monoisotopic (exact) mass is 342 g/mol. The first kappa shape index (κ1) is 14.3. The van der Waals surface area contributed by atoms with Crippen LogP contribution >= 0.6 is 46.4 Å². The Morgan fingerprint density at radius 3 is 1.00 bits per heavy atom. The number of amides is 4. The number of hydrogen-bond acceptors (Lipinski definition) is 4. The fourth-order valence-electron chi connectivity index (χ4n) is 1.43. The van der Waals surface area contributed by atoms with E-state index in [1.54, 1.807) is 0 Å². The molecule has 19 heavy (non-hydrogen) atoms. The van der Waals surface area contributed by atoms with Crippen LogP contribution in [-0.2, 0) is 19.2 Å². The zero-order chi connectivity index (χ0) is 14.5. The van der Waals surface area contributed by atoms with Gasteiger partial charge >= 0.3 is 0 Å². The molecule has 0 atom stereocenters. The molecule has 100 valence electrons. The number of hydrogen-bond donors (Lipinski definition) is 0. The van der Waals surface area contributed by atoms with E-state index >= 15 is 0 Å². The number of nitrogens with zero attached hydrogens (tertiary/aromatic N) is 2. The molecule has 0 aliphatic carbocycles. The maximum Gasteiger partial charge on any atom is 0.275 e. The van der Waals surface area contributed by atoms with E-state index in [2.05, 4.69) is 0 Å². The van der Waals surface area contributed by atoms with Crippen molar-refractivity contribution in [2.24, 2.45) is 0 Å². The van der Waals surface area contributed by atoms with Crippen molar-refractivity contribution in [2.45, 2.75) is 0 Å². The van der Waals surface area contributed by atoms with Gasteiger partial charge in [0.15, 0.2) is 0 Å². The molecule has 4 amide bonds. The van der Waals surface area contributed by atoms with Gasteiger partial charge in [-0.1, -0.05) is 46.4 Å². The van der Waals surface area contributed by atoms with E-state index in [1.165, 1.54) is 0 Å². The quantitative estimate of drug-likeness (QED) is 0.703. The normalized spacial score (nSPS) is 20.6. The van der Waals surface area contributed by atoms with Crippen LogP contribution in [0.15, 0.2) is 20.1 Å². The van der Waals surface area contributed by atoms with Gasteiger partial charge in [0.2, 0.25) is 0 Å². The van der Waals surface area contributed by atoms with E-state index in [0.717, 1.165) is 0 Å². The molecule has 0 saturated carbocycles. The zero-order valence-corrected chi connectivity index (χ0v) is 11.8. The van der Waals surface area contributed by atoms with Crippen LogP contribution in [-0.4, -0.2) is 40.1 Å². The van der Waals surface area contributed by atoms with Crippen LogP contribution in [0.5, 0.6) is 0 Å². The summed E-state index contributed by atoms with van der Waals surface area (Å²) in [5.41, 5.74) is 0. The lowest BCUT2D eigenvalue weighted by Gasteiger charge is -2.20. The highest BCUT2D eigenvalue weighted by Gasteiger charge is 2.43. The maximum atomic E-state index is 11.6. The van der Waals surface area contributed by atoms with E-state index in [4.69, 9.17) is 46.4 Å². The summed E-state index contributed by atoms with van der Waals surface area (Å²) in [5, 5.41) is -1.90. The van der Waals surface area contributed by atoms with Crippen LogP contribution < -0.4 is 0 Å². The Bertz CT molecular complexity index is 509. The molecule has 2 aliphatic heterocycles. The fraction of sp³-hybridized carbons (Fsp3) is 0.111. The lowest BCUT2D eigenvalue weighted by molar-refractivity contribution is -0.145. The van der Waals surface area contributed by atoms with Crippen molar-refractivity contribution in [1.29, 1.82) is 0 Å². The molecular formula is C9H2Cl4N2O4. The van der Waals surface area contributed by atoms with Crippen LogP contribution in [0.1, 0.15) is 0 Å². The number of imide groups is 2. The second kappa shape index (κ2) is 4.79. The summed E-state index contributed by atoms with van der Waals surface area (Å²) < 4.78 is 0. The molecule has 2 heterocycles. The number of carbonyl (C=O) groups excluding carboxylic acids is 4. The molecule has 2 aliphatic rings. The molecule has 0 radical (unpaired) electrons. The molecule has 0 spiro atoms. The molecule has 0 N–H and O–H groups in total. The predicted octanol–water partition coefficient (Wildman–Crippen LogP) is 1.06. The van der Waals surface area contributed by atoms with Gasteiger partial charge in [-0.3, -0.25) is 29.0 Å².